The minimum absolute atomic E-state index is 0.0302. The summed E-state index contributed by atoms with van der Waals surface area (Å²) in [5.74, 6) is -1.29. The second-order valence-electron chi connectivity index (χ2n) is 7.24. The average Bonchev–Trinajstić information content (AvgIpc) is 2.80. The van der Waals surface area contributed by atoms with Gasteiger partial charge in [0.25, 0.3) is 5.91 Å². The van der Waals surface area contributed by atoms with Crippen molar-refractivity contribution in [2.24, 2.45) is 0 Å². The van der Waals surface area contributed by atoms with Gasteiger partial charge in [-0.1, -0.05) is 54.1 Å². The van der Waals surface area contributed by atoms with Gasteiger partial charge in [-0.05, 0) is 49.7 Å². The Labute approximate surface area is 187 Å². The Bertz CT molecular complexity index is 1190. The van der Waals surface area contributed by atoms with Gasteiger partial charge in [0.05, 0.1) is 10.5 Å². The molecule has 0 aliphatic rings. The van der Waals surface area contributed by atoms with E-state index in [-0.39, 0.29) is 17.0 Å². The SMILES string of the molecule is Cc1ccc(NC(=O)[C@H](C)OC(=O)c2cccc(S(=O)(=O)NCc3ccccc3)c2)cc1. The smallest absolute Gasteiger partial charge is 0.338 e. The number of esters is 1. The molecule has 32 heavy (non-hydrogen) atoms. The van der Waals surface area contributed by atoms with E-state index in [0.29, 0.717) is 5.69 Å². The molecule has 3 rings (SSSR count). The lowest BCUT2D eigenvalue weighted by molar-refractivity contribution is -0.123. The summed E-state index contributed by atoms with van der Waals surface area (Å²) in [5.41, 5.74) is 2.47. The number of hydrogen-bond acceptors (Lipinski definition) is 5. The molecule has 0 spiro atoms. The molecule has 0 radical (unpaired) electrons. The molecule has 7 nitrogen and oxygen atoms in total. The predicted octanol–water partition coefficient (Wildman–Crippen LogP) is 3.66. The van der Waals surface area contributed by atoms with Crippen molar-refractivity contribution in [3.05, 3.63) is 95.6 Å². The fourth-order valence-corrected chi connectivity index (χ4v) is 3.87. The van der Waals surface area contributed by atoms with Crippen LogP contribution in [0.15, 0.2) is 83.8 Å². The van der Waals surface area contributed by atoms with Crippen molar-refractivity contribution in [2.75, 3.05) is 5.32 Å². The number of carbonyl (C=O) groups is 2. The molecule has 0 fully saturated rings. The number of rotatable bonds is 8. The fourth-order valence-electron chi connectivity index (χ4n) is 2.81. The maximum absolute atomic E-state index is 12.6. The molecule has 0 unspecified atom stereocenters. The highest BCUT2D eigenvalue weighted by molar-refractivity contribution is 7.89. The van der Waals surface area contributed by atoms with Crippen LogP contribution in [-0.4, -0.2) is 26.4 Å². The molecular weight excluding hydrogens is 428 g/mol. The van der Waals surface area contributed by atoms with Gasteiger partial charge in [0.2, 0.25) is 10.0 Å². The van der Waals surface area contributed by atoms with Gasteiger partial charge in [-0.25, -0.2) is 17.9 Å². The third-order valence-corrected chi connectivity index (χ3v) is 6.06. The number of carbonyl (C=O) groups excluding carboxylic acids is 2. The summed E-state index contributed by atoms with van der Waals surface area (Å²) in [6, 6.07) is 21.8. The second kappa shape index (κ2) is 10.2. The summed E-state index contributed by atoms with van der Waals surface area (Å²) in [6.07, 6.45) is -1.07. The van der Waals surface area contributed by atoms with E-state index in [2.05, 4.69) is 10.0 Å². The zero-order valence-corrected chi connectivity index (χ0v) is 18.6. The molecule has 2 N–H and O–H groups in total. The van der Waals surface area contributed by atoms with Crippen LogP contribution in [0, 0.1) is 6.92 Å². The number of sulfonamides is 1. The van der Waals surface area contributed by atoms with Crippen molar-refractivity contribution in [2.45, 2.75) is 31.4 Å². The summed E-state index contributed by atoms with van der Waals surface area (Å²) in [4.78, 5) is 24.7. The van der Waals surface area contributed by atoms with Crippen LogP contribution < -0.4 is 10.0 Å². The highest BCUT2D eigenvalue weighted by Gasteiger charge is 2.21. The maximum Gasteiger partial charge on any atom is 0.338 e. The average molecular weight is 453 g/mol. The molecule has 0 heterocycles. The van der Waals surface area contributed by atoms with Gasteiger partial charge in [-0.2, -0.15) is 0 Å². The second-order valence-corrected chi connectivity index (χ2v) is 9.01. The molecule has 0 aliphatic heterocycles. The van der Waals surface area contributed by atoms with Crippen LogP contribution in [0.1, 0.15) is 28.4 Å². The van der Waals surface area contributed by atoms with E-state index in [1.807, 2.05) is 37.3 Å². The molecule has 0 aromatic heterocycles. The Morgan fingerprint density at radius 3 is 2.31 bits per heavy atom. The van der Waals surface area contributed by atoms with Crippen molar-refractivity contribution >= 4 is 27.6 Å². The molecule has 0 saturated heterocycles. The molecule has 0 saturated carbocycles. The third-order valence-electron chi connectivity index (χ3n) is 4.66. The summed E-state index contributed by atoms with van der Waals surface area (Å²) in [6.45, 7) is 3.50. The summed E-state index contributed by atoms with van der Waals surface area (Å²) in [7, 11) is -3.84. The molecule has 0 bridgehead atoms. The minimum atomic E-state index is -3.84. The lowest BCUT2D eigenvalue weighted by atomic mass is 10.2. The first-order valence-electron chi connectivity index (χ1n) is 9.97. The quantitative estimate of drug-likeness (QED) is 0.508. The van der Waals surface area contributed by atoms with Gasteiger partial charge >= 0.3 is 5.97 Å². The van der Waals surface area contributed by atoms with Gasteiger partial charge in [-0.15, -0.1) is 0 Å². The highest BCUT2D eigenvalue weighted by Crippen LogP contribution is 2.15. The number of aryl methyl sites for hydroxylation is 1. The summed E-state index contributed by atoms with van der Waals surface area (Å²) < 4.78 is 32.9. The lowest BCUT2D eigenvalue weighted by Crippen LogP contribution is -2.30. The van der Waals surface area contributed by atoms with E-state index in [9.17, 15) is 18.0 Å². The molecule has 3 aromatic rings. The van der Waals surface area contributed by atoms with Gasteiger partial charge in [0, 0.05) is 12.2 Å². The first-order chi connectivity index (χ1) is 15.2. The number of hydrogen-bond donors (Lipinski definition) is 2. The minimum Gasteiger partial charge on any atom is -0.449 e. The molecule has 0 aliphatic carbocycles. The first kappa shape index (κ1) is 23.2. The zero-order valence-electron chi connectivity index (χ0n) is 17.7. The normalized spacial score (nSPS) is 12.1. The van der Waals surface area contributed by atoms with Crippen LogP contribution in [0.5, 0.6) is 0 Å². The van der Waals surface area contributed by atoms with Crippen molar-refractivity contribution in [3.8, 4) is 0 Å². The summed E-state index contributed by atoms with van der Waals surface area (Å²) in [5, 5.41) is 2.67. The topological polar surface area (TPSA) is 102 Å². The van der Waals surface area contributed by atoms with Crippen molar-refractivity contribution < 1.29 is 22.7 Å². The van der Waals surface area contributed by atoms with Gasteiger partial charge in [0.1, 0.15) is 0 Å². The largest absolute Gasteiger partial charge is 0.449 e. The van der Waals surface area contributed by atoms with Crippen LogP contribution in [0.2, 0.25) is 0 Å². The molecule has 1 amide bonds. The standard InChI is InChI=1S/C24H24N2O5S/c1-17-11-13-21(14-12-17)26-23(27)18(2)31-24(28)20-9-6-10-22(15-20)32(29,30)25-16-19-7-4-3-5-8-19/h3-15,18,25H,16H2,1-2H3,(H,26,27)/t18-/m0/s1. The molecule has 166 valence electrons. The van der Waals surface area contributed by atoms with Crippen LogP contribution in [0.25, 0.3) is 0 Å². The van der Waals surface area contributed by atoms with Crippen LogP contribution in [0.3, 0.4) is 0 Å². The monoisotopic (exact) mass is 452 g/mol. The van der Waals surface area contributed by atoms with Gasteiger partial charge < -0.3 is 10.1 Å². The van der Waals surface area contributed by atoms with Crippen LogP contribution >= 0.6 is 0 Å². The van der Waals surface area contributed by atoms with Crippen LogP contribution in [-0.2, 0) is 26.1 Å². The lowest BCUT2D eigenvalue weighted by Gasteiger charge is -2.14. The van der Waals surface area contributed by atoms with Gasteiger partial charge in [0.15, 0.2) is 6.10 Å². The number of benzene rings is 3. The maximum atomic E-state index is 12.6. The highest BCUT2D eigenvalue weighted by atomic mass is 32.2. The number of nitrogens with one attached hydrogen (secondary N) is 2. The summed E-state index contributed by atoms with van der Waals surface area (Å²) >= 11 is 0. The van der Waals surface area contributed by atoms with Crippen molar-refractivity contribution in [3.63, 3.8) is 0 Å². The first-order valence-corrected chi connectivity index (χ1v) is 11.4. The molecule has 8 heteroatoms. The van der Waals surface area contributed by atoms with E-state index in [4.69, 9.17) is 4.74 Å². The van der Waals surface area contributed by atoms with Crippen molar-refractivity contribution in [1.29, 1.82) is 0 Å². The Morgan fingerprint density at radius 2 is 1.62 bits per heavy atom. The fraction of sp³-hybridized carbons (Fsp3) is 0.167. The van der Waals surface area contributed by atoms with E-state index in [1.165, 1.54) is 31.2 Å². The van der Waals surface area contributed by atoms with E-state index in [0.717, 1.165) is 11.1 Å². The Hall–Kier alpha value is -3.49. The van der Waals surface area contributed by atoms with Crippen LogP contribution in [0.4, 0.5) is 5.69 Å². The Morgan fingerprint density at radius 1 is 0.938 bits per heavy atom. The van der Waals surface area contributed by atoms with E-state index >= 15 is 0 Å². The third kappa shape index (κ3) is 6.26. The predicted molar refractivity (Wildman–Crippen MR) is 122 cm³/mol. The zero-order chi connectivity index (χ0) is 23.1. The molecular formula is C24H24N2O5S. The van der Waals surface area contributed by atoms with Gasteiger partial charge in [-0.3, -0.25) is 4.79 Å². The Kier molecular flexibility index (Phi) is 7.40. The number of amides is 1. The molecule has 3 aromatic carbocycles. The number of anilines is 1. The number of ether oxygens (including phenoxy) is 1. The van der Waals surface area contributed by atoms with E-state index < -0.39 is 28.0 Å². The Balaban J connectivity index is 1.63. The van der Waals surface area contributed by atoms with E-state index in [1.54, 1.807) is 24.3 Å². The molecule has 1 atom stereocenters. The van der Waals surface area contributed by atoms with Crippen molar-refractivity contribution in [1.82, 2.24) is 4.72 Å².